The van der Waals surface area contributed by atoms with Crippen molar-refractivity contribution in [1.29, 1.82) is 0 Å². The van der Waals surface area contributed by atoms with Gasteiger partial charge in [0.05, 0.1) is 11.4 Å². The smallest absolute Gasteiger partial charge is 0.160 e. The Bertz CT molecular complexity index is 3110. The molecule has 0 spiro atoms. The monoisotopic (exact) mass is 728 g/mol. The van der Waals surface area contributed by atoms with E-state index >= 15 is 0 Å². The summed E-state index contributed by atoms with van der Waals surface area (Å²) in [6, 6.07) is 71.0. The van der Waals surface area contributed by atoms with E-state index in [9.17, 15) is 0 Å². The van der Waals surface area contributed by atoms with E-state index in [1.54, 1.807) is 0 Å². The van der Waals surface area contributed by atoms with Crippen LogP contribution in [0.5, 0.6) is 0 Å². The summed E-state index contributed by atoms with van der Waals surface area (Å²) < 4.78 is 6.33. The highest BCUT2D eigenvalue weighted by molar-refractivity contribution is 6.09. The zero-order valence-electron chi connectivity index (χ0n) is 31.4. The number of nitrogens with zero attached hydrogens (tertiary/aromatic N) is 2. The van der Waals surface area contributed by atoms with Crippen molar-refractivity contribution < 1.29 is 4.42 Å². The molecule has 1 aliphatic rings. The van der Waals surface area contributed by atoms with Gasteiger partial charge in [0.2, 0.25) is 0 Å². The van der Waals surface area contributed by atoms with Gasteiger partial charge in [-0.3, -0.25) is 0 Å². The average molecular weight is 729 g/mol. The van der Waals surface area contributed by atoms with Crippen LogP contribution in [0.2, 0.25) is 0 Å². The predicted octanol–water partition coefficient (Wildman–Crippen LogP) is 14.0. The van der Waals surface area contributed by atoms with Gasteiger partial charge in [0.1, 0.15) is 11.2 Å². The first kappa shape index (κ1) is 33.0. The first-order chi connectivity index (χ1) is 28.1. The van der Waals surface area contributed by atoms with Gasteiger partial charge in [-0.05, 0) is 69.6 Å². The van der Waals surface area contributed by atoms with E-state index in [2.05, 4.69) is 177 Å². The average Bonchev–Trinajstić information content (AvgIpc) is 3.80. The lowest BCUT2D eigenvalue weighted by Crippen LogP contribution is -2.22. The number of rotatable bonds is 6. The molecule has 0 aliphatic heterocycles. The molecule has 2 heterocycles. The van der Waals surface area contributed by atoms with Crippen LogP contribution in [-0.2, 0) is 5.41 Å². The Hall–Kier alpha value is -7.36. The summed E-state index contributed by atoms with van der Waals surface area (Å²) in [6.07, 6.45) is 0. The quantitative estimate of drug-likeness (QED) is 0.171. The van der Waals surface area contributed by atoms with Crippen LogP contribution < -0.4 is 0 Å². The molecule has 2 aromatic heterocycles. The molecular formula is C54H36N2O. The van der Waals surface area contributed by atoms with Crippen LogP contribution in [0, 0.1) is 0 Å². The number of hydrogen-bond acceptors (Lipinski definition) is 3. The van der Waals surface area contributed by atoms with E-state index in [1.807, 2.05) is 30.3 Å². The van der Waals surface area contributed by atoms with E-state index in [1.165, 1.54) is 27.8 Å². The zero-order chi connectivity index (χ0) is 37.9. The van der Waals surface area contributed by atoms with Crippen molar-refractivity contribution in [2.75, 3.05) is 0 Å². The molecule has 0 fully saturated rings. The highest BCUT2D eigenvalue weighted by Crippen LogP contribution is 2.53. The zero-order valence-corrected chi connectivity index (χ0v) is 31.4. The molecule has 0 saturated carbocycles. The third-order valence-electron chi connectivity index (χ3n) is 11.8. The fourth-order valence-electron chi connectivity index (χ4n) is 8.84. The summed E-state index contributed by atoms with van der Waals surface area (Å²) in [5, 5.41) is 2.28. The maximum Gasteiger partial charge on any atom is 0.160 e. The van der Waals surface area contributed by atoms with E-state index in [-0.39, 0.29) is 5.41 Å². The van der Waals surface area contributed by atoms with Crippen LogP contribution >= 0.6 is 0 Å². The Labute approximate surface area is 331 Å². The van der Waals surface area contributed by atoms with Crippen molar-refractivity contribution in [1.82, 2.24) is 9.97 Å². The Morgan fingerprint density at radius 2 is 0.947 bits per heavy atom. The number of furan rings is 1. The third kappa shape index (κ3) is 5.43. The van der Waals surface area contributed by atoms with Crippen LogP contribution in [0.1, 0.15) is 23.6 Å². The summed E-state index contributed by atoms with van der Waals surface area (Å²) >= 11 is 0. The normalized spacial score (nSPS) is 14.5. The molecule has 1 atom stereocenters. The summed E-state index contributed by atoms with van der Waals surface area (Å²) in [7, 11) is 0. The van der Waals surface area contributed by atoms with Crippen LogP contribution in [0.25, 0.3) is 89.2 Å². The van der Waals surface area contributed by atoms with Gasteiger partial charge in [-0.1, -0.05) is 182 Å². The number of fused-ring (bicyclic) bond motifs is 6. The molecule has 57 heavy (non-hydrogen) atoms. The first-order valence-electron chi connectivity index (χ1n) is 19.5. The lowest BCUT2D eigenvalue weighted by atomic mass is 9.74. The molecule has 0 amide bonds. The minimum absolute atomic E-state index is 0.296. The van der Waals surface area contributed by atoms with Gasteiger partial charge in [-0.2, -0.15) is 0 Å². The van der Waals surface area contributed by atoms with Crippen molar-refractivity contribution in [3.05, 3.63) is 217 Å². The first-order valence-corrected chi connectivity index (χ1v) is 19.5. The molecule has 0 bridgehead atoms. The molecule has 1 aliphatic carbocycles. The van der Waals surface area contributed by atoms with Crippen molar-refractivity contribution in [2.45, 2.75) is 12.3 Å². The standard InChI is InChI=1S/C54H36N2O/c1-54(41-15-6-3-7-16-41)47-21-10-8-17-43(47)44-32-31-40(33-48(44)54)50-34-49(55-53(56-50)39-13-4-2-5-14-39)38-29-25-36(26-30-38)35-23-27-37(28-24-35)42-19-12-20-46-45-18-9-11-22-51(45)57-52(42)46/h2-34H,1H3. The predicted molar refractivity (Wildman–Crippen MR) is 234 cm³/mol. The SMILES string of the molecule is CC1(c2ccccc2)c2ccccc2-c2ccc(-c3cc(-c4ccc(-c5ccc(-c6cccc7c6oc6ccccc67)cc5)cc4)nc(-c4ccccc4)n3)cc21. The molecule has 3 nitrogen and oxygen atoms in total. The fraction of sp³-hybridized carbons (Fsp3) is 0.0370. The molecule has 11 rings (SSSR count). The second-order valence-electron chi connectivity index (χ2n) is 15.1. The third-order valence-corrected chi connectivity index (χ3v) is 11.8. The van der Waals surface area contributed by atoms with Gasteiger partial charge >= 0.3 is 0 Å². The van der Waals surface area contributed by atoms with E-state index in [0.717, 1.165) is 72.3 Å². The van der Waals surface area contributed by atoms with E-state index < -0.39 is 0 Å². The molecule has 8 aromatic carbocycles. The Morgan fingerprint density at radius 3 is 1.72 bits per heavy atom. The molecule has 10 aromatic rings. The highest BCUT2D eigenvalue weighted by Gasteiger charge is 2.40. The Balaban J connectivity index is 0.961. The minimum Gasteiger partial charge on any atom is -0.455 e. The summed E-state index contributed by atoms with van der Waals surface area (Å²) in [6.45, 7) is 2.35. The molecule has 268 valence electrons. The Morgan fingerprint density at radius 1 is 0.386 bits per heavy atom. The molecule has 0 N–H and O–H groups in total. The van der Waals surface area contributed by atoms with Gasteiger partial charge in [0.15, 0.2) is 5.82 Å². The molecule has 3 heteroatoms. The highest BCUT2D eigenvalue weighted by atomic mass is 16.3. The topological polar surface area (TPSA) is 38.9 Å². The van der Waals surface area contributed by atoms with Crippen LogP contribution in [0.4, 0.5) is 0 Å². The summed E-state index contributed by atoms with van der Waals surface area (Å²) in [4.78, 5) is 10.4. The van der Waals surface area contributed by atoms with E-state index in [0.29, 0.717) is 5.82 Å². The summed E-state index contributed by atoms with van der Waals surface area (Å²) in [5.41, 5.74) is 17.4. The molecular weight excluding hydrogens is 693 g/mol. The van der Waals surface area contributed by atoms with Gasteiger partial charge < -0.3 is 4.42 Å². The van der Waals surface area contributed by atoms with Crippen LogP contribution in [0.3, 0.4) is 0 Å². The number of para-hydroxylation sites is 2. The Kier molecular flexibility index (Phi) is 7.61. The number of benzene rings is 8. The maximum atomic E-state index is 6.33. The number of aromatic nitrogens is 2. The van der Waals surface area contributed by atoms with Gasteiger partial charge in [0.25, 0.3) is 0 Å². The molecule has 1 unspecified atom stereocenters. The second-order valence-corrected chi connectivity index (χ2v) is 15.1. The largest absolute Gasteiger partial charge is 0.455 e. The van der Waals surface area contributed by atoms with Crippen molar-refractivity contribution >= 4 is 21.9 Å². The van der Waals surface area contributed by atoms with Gasteiger partial charge in [0, 0.05) is 38.4 Å². The second kappa shape index (κ2) is 13.1. The van der Waals surface area contributed by atoms with Crippen LogP contribution in [-0.4, -0.2) is 9.97 Å². The fourth-order valence-corrected chi connectivity index (χ4v) is 8.84. The molecule has 0 saturated heterocycles. The lowest BCUT2D eigenvalue weighted by Gasteiger charge is -2.28. The van der Waals surface area contributed by atoms with Gasteiger partial charge in [-0.25, -0.2) is 9.97 Å². The molecule has 0 radical (unpaired) electrons. The summed E-state index contributed by atoms with van der Waals surface area (Å²) in [5.74, 6) is 0.705. The maximum absolute atomic E-state index is 6.33. The minimum atomic E-state index is -0.296. The lowest BCUT2D eigenvalue weighted by molar-refractivity contribution is 0.670. The van der Waals surface area contributed by atoms with Crippen molar-refractivity contribution in [2.24, 2.45) is 0 Å². The van der Waals surface area contributed by atoms with E-state index in [4.69, 9.17) is 14.4 Å². The number of hydrogen-bond donors (Lipinski definition) is 0. The van der Waals surface area contributed by atoms with Gasteiger partial charge in [-0.15, -0.1) is 0 Å². The van der Waals surface area contributed by atoms with Crippen molar-refractivity contribution in [3.8, 4) is 67.3 Å². The van der Waals surface area contributed by atoms with Crippen molar-refractivity contribution in [3.63, 3.8) is 0 Å². The van der Waals surface area contributed by atoms with Crippen LogP contribution in [0.15, 0.2) is 205 Å².